The number of hydrogen-bond acceptors (Lipinski definition) is 7. The van der Waals surface area contributed by atoms with Crippen LogP contribution < -0.4 is 9.47 Å². The van der Waals surface area contributed by atoms with Crippen molar-refractivity contribution >= 4 is 17.5 Å². The molecule has 0 spiro atoms. The van der Waals surface area contributed by atoms with Crippen LogP contribution in [0.15, 0.2) is 58.2 Å². The number of halogens is 1. The van der Waals surface area contributed by atoms with E-state index >= 15 is 0 Å². The lowest BCUT2D eigenvalue weighted by Gasteiger charge is -2.10. The Balaban J connectivity index is 1.44. The van der Waals surface area contributed by atoms with E-state index in [1.165, 1.54) is 23.9 Å². The van der Waals surface area contributed by atoms with Crippen LogP contribution in [-0.2, 0) is 6.54 Å². The van der Waals surface area contributed by atoms with Crippen molar-refractivity contribution in [1.29, 1.82) is 0 Å². The van der Waals surface area contributed by atoms with Crippen LogP contribution >= 0.6 is 11.8 Å². The van der Waals surface area contributed by atoms with Crippen molar-refractivity contribution in [1.82, 2.24) is 14.8 Å². The number of carbonyl (C=O) groups is 1. The summed E-state index contributed by atoms with van der Waals surface area (Å²) in [6.07, 6.45) is 0. The van der Waals surface area contributed by atoms with E-state index in [1.807, 2.05) is 24.5 Å². The molecule has 2 aromatic carbocycles. The first-order valence-corrected chi connectivity index (χ1v) is 11.5. The standard InChI is InChI=1S/C25H24FN3O4S/c1-15-11-20(16(2)29(15)13-17-5-8-19(26)9-6-17)21(30)14-34-25-28-27-24(33-25)18-7-10-22(31-3)23(12-18)32-4/h5-12H,13-14H2,1-4H3. The molecule has 0 aliphatic carbocycles. The Labute approximate surface area is 200 Å². The Hall–Kier alpha value is -3.59. The number of hydrogen-bond donors (Lipinski definition) is 0. The predicted molar refractivity (Wildman–Crippen MR) is 127 cm³/mol. The summed E-state index contributed by atoms with van der Waals surface area (Å²) >= 11 is 1.19. The number of thioether (sulfide) groups is 1. The SMILES string of the molecule is COc1ccc(-c2nnc(SCC(=O)c3cc(C)n(Cc4ccc(F)cc4)c3C)o2)cc1OC. The average Bonchev–Trinajstić information content (AvgIpc) is 3.43. The molecule has 0 N–H and O–H groups in total. The van der Waals surface area contributed by atoms with Crippen LogP contribution in [0.5, 0.6) is 11.5 Å². The molecule has 0 saturated heterocycles. The minimum atomic E-state index is -0.270. The topological polar surface area (TPSA) is 79.4 Å². The number of carbonyl (C=O) groups excluding carboxylic acids is 1. The van der Waals surface area contributed by atoms with Gasteiger partial charge in [-0.2, -0.15) is 0 Å². The Kier molecular flexibility index (Phi) is 7.02. The molecule has 7 nitrogen and oxygen atoms in total. The summed E-state index contributed by atoms with van der Waals surface area (Å²) in [4.78, 5) is 12.9. The molecule has 0 bridgehead atoms. The summed E-state index contributed by atoms with van der Waals surface area (Å²) in [6.45, 7) is 4.43. The zero-order chi connectivity index (χ0) is 24.2. The van der Waals surface area contributed by atoms with E-state index in [2.05, 4.69) is 10.2 Å². The predicted octanol–water partition coefficient (Wildman–Crippen LogP) is 5.33. The lowest BCUT2D eigenvalue weighted by Crippen LogP contribution is -2.07. The zero-order valence-corrected chi connectivity index (χ0v) is 20.1. The Morgan fingerprint density at radius 2 is 1.76 bits per heavy atom. The van der Waals surface area contributed by atoms with Crippen molar-refractivity contribution in [2.24, 2.45) is 0 Å². The van der Waals surface area contributed by atoms with Gasteiger partial charge in [0.2, 0.25) is 5.89 Å². The fourth-order valence-corrected chi connectivity index (χ4v) is 4.30. The first-order valence-electron chi connectivity index (χ1n) is 10.5. The molecule has 34 heavy (non-hydrogen) atoms. The summed E-state index contributed by atoms with van der Waals surface area (Å²) in [7, 11) is 3.12. The van der Waals surface area contributed by atoms with Gasteiger partial charge in [-0.05, 0) is 55.8 Å². The van der Waals surface area contributed by atoms with E-state index in [1.54, 1.807) is 44.6 Å². The lowest BCUT2D eigenvalue weighted by atomic mass is 10.2. The van der Waals surface area contributed by atoms with Crippen molar-refractivity contribution < 1.29 is 23.1 Å². The van der Waals surface area contributed by atoms with Crippen molar-refractivity contribution in [3.8, 4) is 23.0 Å². The number of aromatic nitrogens is 3. The highest BCUT2D eigenvalue weighted by molar-refractivity contribution is 7.99. The molecule has 4 rings (SSSR count). The number of methoxy groups -OCH3 is 2. The van der Waals surface area contributed by atoms with Crippen LogP contribution in [0, 0.1) is 19.7 Å². The molecule has 0 aliphatic heterocycles. The molecular weight excluding hydrogens is 457 g/mol. The van der Waals surface area contributed by atoms with Gasteiger partial charge in [0.15, 0.2) is 17.3 Å². The van der Waals surface area contributed by atoms with E-state index in [0.29, 0.717) is 40.3 Å². The molecule has 0 amide bonds. The Bertz CT molecular complexity index is 1310. The molecule has 0 atom stereocenters. The second-order valence-electron chi connectivity index (χ2n) is 7.65. The molecule has 0 saturated carbocycles. The highest BCUT2D eigenvalue weighted by Gasteiger charge is 2.18. The van der Waals surface area contributed by atoms with Gasteiger partial charge in [-0.15, -0.1) is 10.2 Å². The smallest absolute Gasteiger partial charge is 0.277 e. The van der Waals surface area contributed by atoms with Crippen LogP contribution in [0.4, 0.5) is 4.39 Å². The van der Waals surface area contributed by atoms with E-state index in [0.717, 1.165) is 17.0 Å². The van der Waals surface area contributed by atoms with Crippen LogP contribution in [0.2, 0.25) is 0 Å². The van der Waals surface area contributed by atoms with Gasteiger partial charge < -0.3 is 18.5 Å². The molecule has 176 valence electrons. The second-order valence-corrected chi connectivity index (χ2v) is 8.58. The summed E-state index contributed by atoms with van der Waals surface area (Å²) < 4.78 is 31.5. The number of Topliss-reactive ketones (excluding diaryl/α,β-unsaturated/α-hetero) is 1. The van der Waals surface area contributed by atoms with Gasteiger partial charge in [0.1, 0.15) is 5.82 Å². The molecule has 2 aromatic heterocycles. The van der Waals surface area contributed by atoms with E-state index < -0.39 is 0 Å². The number of benzene rings is 2. The summed E-state index contributed by atoms with van der Waals surface area (Å²) in [5, 5.41) is 8.44. The molecular formula is C25H24FN3O4S. The average molecular weight is 482 g/mol. The monoisotopic (exact) mass is 481 g/mol. The minimum absolute atomic E-state index is 0.0330. The summed E-state index contributed by atoms with van der Waals surface area (Å²) in [5.41, 5.74) is 4.12. The normalized spacial score (nSPS) is 11.0. The zero-order valence-electron chi connectivity index (χ0n) is 19.3. The van der Waals surface area contributed by atoms with Crippen LogP contribution in [0.3, 0.4) is 0 Å². The Morgan fingerprint density at radius 1 is 1.03 bits per heavy atom. The summed E-state index contributed by atoms with van der Waals surface area (Å²) in [6, 6.07) is 13.6. The molecule has 9 heteroatoms. The van der Waals surface area contributed by atoms with Crippen LogP contribution in [0.1, 0.15) is 27.3 Å². The van der Waals surface area contributed by atoms with Crippen molar-refractivity contribution in [2.75, 3.05) is 20.0 Å². The maximum atomic E-state index is 13.2. The van der Waals surface area contributed by atoms with Gasteiger partial charge in [-0.1, -0.05) is 23.9 Å². The first kappa shape index (κ1) is 23.6. The van der Waals surface area contributed by atoms with Gasteiger partial charge in [-0.3, -0.25) is 4.79 Å². The second kappa shape index (κ2) is 10.1. The quantitative estimate of drug-likeness (QED) is 0.236. The third-order valence-electron chi connectivity index (χ3n) is 5.49. The maximum absolute atomic E-state index is 13.2. The largest absolute Gasteiger partial charge is 0.493 e. The van der Waals surface area contributed by atoms with Gasteiger partial charge in [0.25, 0.3) is 5.22 Å². The maximum Gasteiger partial charge on any atom is 0.277 e. The van der Waals surface area contributed by atoms with Gasteiger partial charge in [-0.25, -0.2) is 4.39 Å². The molecule has 0 unspecified atom stereocenters. The fraction of sp³-hybridized carbons (Fsp3) is 0.240. The van der Waals surface area contributed by atoms with Crippen LogP contribution in [0.25, 0.3) is 11.5 Å². The number of nitrogens with zero attached hydrogens (tertiary/aromatic N) is 3. The van der Waals surface area contributed by atoms with E-state index in [-0.39, 0.29) is 17.4 Å². The molecule has 4 aromatic rings. The van der Waals surface area contributed by atoms with Crippen molar-refractivity contribution in [3.63, 3.8) is 0 Å². The fourth-order valence-electron chi connectivity index (χ4n) is 3.66. The Morgan fingerprint density at radius 3 is 2.47 bits per heavy atom. The van der Waals surface area contributed by atoms with Gasteiger partial charge >= 0.3 is 0 Å². The van der Waals surface area contributed by atoms with Crippen molar-refractivity contribution in [3.05, 3.63) is 76.9 Å². The van der Waals surface area contributed by atoms with E-state index in [9.17, 15) is 9.18 Å². The summed E-state index contributed by atoms with van der Waals surface area (Å²) in [5.74, 6) is 1.34. The van der Waals surface area contributed by atoms with Gasteiger partial charge in [0.05, 0.1) is 20.0 Å². The lowest BCUT2D eigenvalue weighted by molar-refractivity contribution is 0.102. The third kappa shape index (κ3) is 4.99. The number of ketones is 1. The molecule has 0 aliphatic rings. The van der Waals surface area contributed by atoms with Crippen molar-refractivity contribution in [2.45, 2.75) is 25.6 Å². The number of ether oxygens (including phenoxy) is 2. The van der Waals surface area contributed by atoms with Gasteiger partial charge in [0, 0.05) is 29.1 Å². The van der Waals surface area contributed by atoms with E-state index in [4.69, 9.17) is 13.9 Å². The highest BCUT2D eigenvalue weighted by Crippen LogP contribution is 2.32. The molecule has 2 heterocycles. The first-order chi connectivity index (χ1) is 16.4. The highest BCUT2D eigenvalue weighted by atomic mass is 32.2. The number of rotatable bonds is 9. The number of aryl methyl sites for hydroxylation is 1. The third-order valence-corrected chi connectivity index (χ3v) is 6.31. The van der Waals surface area contributed by atoms with Crippen LogP contribution in [-0.4, -0.2) is 40.5 Å². The molecule has 0 radical (unpaired) electrons. The molecule has 0 fully saturated rings. The minimum Gasteiger partial charge on any atom is -0.493 e.